The number of primary sulfonamides is 1. The standard InChI is InChI=1S/C16H15F2N5O3S2/c1-26-13-5-11(6-23-7-14(20-9-23)28(19,24)25)21-16(22-13)27-8-10-3-2-4-12(17)15(10)18/h2-5,7,9H,6,8H2,1H3,(H2,19,24,25). The second-order valence-electron chi connectivity index (χ2n) is 5.62. The molecule has 0 bridgehead atoms. The van der Waals surface area contributed by atoms with Gasteiger partial charge in [0, 0.05) is 23.6 Å². The van der Waals surface area contributed by atoms with E-state index in [0.29, 0.717) is 10.9 Å². The molecule has 148 valence electrons. The number of sulfonamides is 1. The van der Waals surface area contributed by atoms with E-state index in [0.717, 1.165) is 17.8 Å². The lowest BCUT2D eigenvalue weighted by molar-refractivity contribution is 0.391. The molecule has 8 nitrogen and oxygen atoms in total. The minimum Gasteiger partial charge on any atom is -0.481 e. The summed E-state index contributed by atoms with van der Waals surface area (Å²) in [4.78, 5) is 12.3. The van der Waals surface area contributed by atoms with Gasteiger partial charge >= 0.3 is 0 Å². The Balaban J connectivity index is 1.80. The molecule has 12 heteroatoms. The molecule has 3 aromatic rings. The molecule has 2 N–H and O–H groups in total. The number of benzene rings is 1. The van der Waals surface area contributed by atoms with Gasteiger partial charge in [-0.3, -0.25) is 0 Å². The van der Waals surface area contributed by atoms with Gasteiger partial charge in [-0.05, 0) is 6.07 Å². The molecule has 0 aliphatic carbocycles. The Hall–Kier alpha value is -2.57. The molecule has 0 saturated heterocycles. The largest absolute Gasteiger partial charge is 0.481 e. The third-order valence-corrected chi connectivity index (χ3v) is 5.27. The van der Waals surface area contributed by atoms with Crippen molar-refractivity contribution in [2.45, 2.75) is 22.5 Å². The first-order valence-corrected chi connectivity index (χ1v) is 10.3. The maximum Gasteiger partial charge on any atom is 0.257 e. The minimum absolute atomic E-state index is 0.122. The number of imidazole rings is 1. The Morgan fingerprint density at radius 1 is 1.29 bits per heavy atom. The lowest BCUT2D eigenvalue weighted by atomic mass is 10.2. The van der Waals surface area contributed by atoms with E-state index in [4.69, 9.17) is 9.88 Å². The van der Waals surface area contributed by atoms with Crippen molar-refractivity contribution in [2.24, 2.45) is 5.14 Å². The number of thioether (sulfide) groups is 1. The minimum atomic E-state index is -3.90. The molecular formula is C16H15F2N5O3S2. The van der Waals surface area contributed by atoms with Gasteiger partial charge < -0.3 is 9.30 Å². The summed E-state index contributed by atoms with van der Waals surface area (Å²) in [7, 11) is -2.47. The Bertz CT molecular complexity index is 1110. The molecule has 1 aromatic carbocycles. The van der Waals surface area contributed by atoms with E-state index in [-0.39, 0.29) is 28.8 Å². The van der Waals surface area contributed by atoms with Crippen molar-refractivity contribution in [3.8, 4) is 5.88 Å². The van der Waals surface area contributed by atoms with Crippen LogP contribution in [0.2, 0.25) is 0 Å². The monoisotopic (exact) mass is 427 g/mol. The van der Waals surface area contributed by atoms with E-state index >= 15 is 0 Å². The van der Waals surface area contributed by atoms with Crippen LogP contribution in [-0.4, -0.2) is 35.0 Å². The molecule has 0 saturated carbocycles. The third-order valence-electron chi connectivity index (χ3n) is 3.58. The van der Waals surface area contributed by atoms with Crippen LogP contribution < -0.4 is 9.88 Å². The van der Waals surface area contributed by atoms with Crippen LogP contribution in [0.25, 0.3) is 0 Å². The average molecular weight is 427 g/mol. The normalized spacial score (nSPS) is 11.6. The molecular weight excluding hydrogens is 412 g/mol. The Morgan fingerprint density at radius 3 is 2.75 bits per heavy atom. The van der Waals surface area contributed by atoms with Gasteiger partial charge in [-0.25, -0.2) is 32.3 Å². The Morgan fingerprint density at radius 2 is 2.07 bits per heavy atom. The number of halogens is 2. The maximum absolute atomic E-state index is 13.8. The van der Waals surface area contributed by atoms with Crippen LogP contribution in [0, 0.1) is 11.6 Å². The summed E-state index contributed by atoms with van der Waals surface area (Å²) in [5.41, 5.74) is 0.692. The molecule has 2 aromatic heterocycles. The SMILES string of the molecule is COc1cc(Cn2cnc(S(N)(=O)=O)c2)nc(SCc2cccc(F)c2F)n1. The van der Waals surface area contributed by atoms with Gasteiger partial charge in [-0.15, -0.1) is 0 Å². The molecule has 0 radical (unpaired) electrons. The van der Waals surface area contributed by atoms with Crippen LogP contribution in [0.15, 0.2) is 47.0 Å². The molecule has 0 amide bonds. The quantitative estimate of drug-likeness (QED) is 0.453. The molecule has 0 fully saturated rings. The summed E-state index contributed by atoms with van der Waals surface area (Å²) >= 11 is 1.11. The van der Waals surface area contributed by atoms with E-state index in [9.17, 15) is 17.2 Å². The Labute approximate surface area is 163 Å². The number of ether oxygens (including phenoxy) is 1. The fourth-order valence-electron chi connectivity index (χ4n) is 2.26. The highest BCUT2D eigenvalue weighted by molar-refractivity contribution is 7.98. The van der Waals surface area contributed by atoms with Gasteiger partial charge in [0.25, 0.3) is 10.0 Å². The lowest BCUT2D eigenvalue weighted by Crippen LogP contribution is -2.12. The van der Waals surface area contributed by atoms with Crippen molar-refractivity contribution in [1.82, 2.24) is 19.5 Å². The second-order valence-corrected chi connectivity index (χ2v) is 8.07. The summed E-state index contributed by atoms with van der Waals surface area (Å²) in [5.74, 6) is -1.43. The summed E-state index contributed by atoms with van der Waals surface area (Å²) < 4.78 is 56.4. The van der Waals surface area contributed by atoms with Crippen molar-refractivity contribution in [1.29, 1.82) is 0 Å². The number of hydrogen-bond donors (Lipinski definition) is 1. The highest BCUT2D eigenvalue weighted by atomic mass is 32.2. The zero-order chi connectivity index (χ0) is 20.3. The van der Waals surface area contributed by atoms with Crippen molar-refractivity contribution in [3.05, 3.63) is 59.7 Å². The highest BCUT2D eigenvalue weighted by Crippen LogP contribution is 2.24. The van der Waals surface area contributed by atoms with Crippen LogP contribution >= 0.6 is 11.8 Å². The molecule has 2 heterocycles. The van der Waals surface area contributed by atoms with Crippen LogP contribution in [-0.2, 0) is 22.3 Å². The number of rotatable bonds is 7. The number of nitrogens with two attached hydrogens (primary N) is 1. The topological polar surface area (TPSA) is 113 Å². The predicted molar refractivity (Wildman–Crippen MR) is 97.2 cm³/mol. The summed E-state index contributed by atoms with van der Waals surface area (Å²) in [6.07, 6.45) is 2.59. The number of aromatic nitrogens is 4. The first-order valence-electron chi connectivity index (χ1n) is 7.78. The fourth-order valence-corrected chi connectivity index (χ4v) is 3.58. The smallest absolute Gasteiger partial charge is 0.257 e. The van der Waals surface area contributed by atoms with Gasteiger partial charge in [0.1, 0.15) is 0 Å². The zero-order valence-corrected chi connectivity index (χ0v) is 16.2. The van der Waals surface area contributed by atoms with E-state index in [1.807, 2.05) is 0 Å². The number of hydrogen-bond acceptors (Lipinski definition) is 7. The first-order chi connectivity index (χ1) is 13.3. The summed E-state index contributed by atoms with van der Waals surface area (Å²) in [6, 6.07) is 5.52. The van der Waals surface area contributed by atoms with Crippen LogP contribution in [0.1, 0.15) is 11.3 Å². The molecule has 0 unspecified atom stereocenters. The maximum atomic E-state index is 13.8. The van der Waals surface area contributed by atoms with Crippen LogP contribution in [0.3, 0.4) is 0 Å². The lowest BCUT2D eigenvalue weighted by Gasteiger charge is -2.08. The average Bonchev–Trinajstić information content (AvgIpc) is 3.11. The second kappa shape index (κ2) is 8.20. The van der Waals surface area contributed by atoms with Gasteiger partial charge in [0.15, 0.2) is 21.8 Å². The molecule has 0 atom stereocenters. The molecule has 3 rings (SSSR count). The zero-order valence-electron chi connectivity index (χ0n) is 14.5. The molecule has 28 heavy (non-hydrogen) atoms. The summed E-state index contributed by atoms with van der Waals surface area (Å²) in [6.45, 7) is 0.184. The van der Waals surface area contributed by atoms with E-state index < -0.39 is 21.7 Å². The van der Waals surface area contributed by atoms with Crippen molar-refractivity contribution >= 4 is 21.8 Å². The van der Waals surface area contributed by atoms with Gasteiger partial charge in [-0.2, -0.15) is 4.98 Å². The van der Waals surface area contributed by atoms with Crippen LogP contribution in [0.4, 0.5) is 8.78 Å². The van der Waals surface area contributed by atoms with Gasteiger partial charge in [0.05, 0.1) is 25.7 Å². The van der Waals surface area contributed by atoms with Crippen LogP contribution in [0.5, 0.6) is 5.88 Å². The fraction of sp³-hybridized carbons (Fsp3) is 0.188. The van der Waals surface area contributed by atoms with Crippen molar-refractivity contribution < 1.29 is 21.9 Å². The third kappa shape index (κ3) is 4.82. The van der Waals surface area contributed by atoms with Gasteiger partial charge in [-0.1, -0.05) is 23.9 Å². The summed E-state index contributed by atoms with van der Waals surface area (Å²) in [5, 5.41) is 5.08. The Kier molecular flexibility index (Phi) is 5.91. The van der Waals surface area contributed by atoms with Crippen molar-refractivity contribution in [2.75, 3.05) is 7.11 Å². The number of methoxy groups -OCH3 is 1. The van der Waals surface area contributed by atoms with E-state index in [2.05, 4.69) is 15.0 Å². The predicted octanol–water partition coefficient (Wildman–Crippen LogP) is 1.95. The molecule has 0 spiro atoms. The van der Waals surface area contributed by atoms with E-state index in [1.165, 1.54) is 36.3 Å². The molecule has 0 aliphatic rings. The first kappa shape index (κ1) is 20.2. The highest BCUT2D eigenvalue weighted by Gasteiger charge is 2.14. The van der Waals surface area contributed by atoms with Crippen molar-refractivity contribution in [3.63, 3.8) is 0 Å². The molecule has 0 aliphatic heterocycles. The van der Waals surface area contributed by atoms with Gasteiger partial charge in [0.2, 0.25) is 5.88 Å². The van der Waals surface area contributed by atoms with E-state index in [1.54, 1.807) is 6.07 Å². The number of nitrogens with zero attached hydrogens (tertiary/aromatic N) is 4.